The standard InChI is InChI=1S/C29H42N2O4S.C28H40N2O4S.C25H36N2O3S/c1-19(2)27(32)30-16-14-23(15-17-30)31(28(33)22-12-10-20(3)11-13-22)24-18-25(21-8-6-5-7-9-21)36-26(24)29(34)35-4;1-18(2)26(31)29-15-13-22(14-16-29)30(27(32)21-11-9-19(3)10-12-21)23-17-24(35-25(23)28(33)34)20-7-5-4-6-8-20;1-17-8-10-19(11-9-17)24(28)27(20-12-14-26-15-13-20)21-16-22(18-6-4-3-5-7-18)31-23(21)25(29)30-2/h8,18-20,22-23H,5-7,9-17H2,1-4H3;7,17-19,21-22H,4-6,8-16H2,1-3H3,(H,33,34);6,16-17,19-20,26H,3-5,7-15H2,1-2H3. The van der Waals surface area contributed by atoms with Gasteiger partial charge in [-0.3, -0.25) is 24.0 Å². The van der Waals surface area contributed by atoms with Crippen molar-refractivity contribution in [3.8, 4) is 0 Å². The number of likely N-dealkylation sites (tertiary alicyclic amines) is 2. The zero-order valence-corrected chi connectivity index (χ0v) is 65.2. The first kappa shape index (κ1) is 78.6. The van der Waals surface area contributed by atoms with Crippen LogP contribution in [0.15, 0.2) is 36.4 Å². The highest BCUT2D eigenvalue weighted by Crippen LogP contribution is 2.46. The summed E-state index contributed by atoms with van der Waals surface area (Å²) in [6.07, 6.45) is 36.6. The van der Waals surface area contributed by atoms with Crippen molar-refractivity contribution in [2.75, 3.05) is 68.2 Å². The summed E-state index contributed by atoms with van der Waals surface area (Å²) in [5.74, 6) is 1.00. The van der Waals surface area contributed by atoms with Crippen LogP contribution in [0.5, 0.6) is 0 Å². The molecule has 9 aliphatic rings. The number of aromatic carboxylic acids is 1. The number of nitrogens with zero attached hydrogens (tertiary/aromatic N) is 5. The molecular weight excluding hydrogens is 1340 g/mol. The molecule has 3 aliphatic heterocycles. The van der Waals surface area contributed by atoms with Gasteiger partial charge < -0.3 is 44.4 Å². The molecule has 0 atom stereocenters. The molecule has 0 radical (unpaired) electrons. The van der Waals surface area contributed by atoms with Crippen molar-refractivity contribution >= 4 is 115 Å². The predicted molar refractivity (Wildman–Crippen MR) is 413 cm³/mol. The number of rotatable bonds is 17. The molecule has 2 N–H and O–H groups in total. The molecule has 0 bridgehead atoms. The Morgan fingerprint density at radius 1 is 0.431 bits per heavy atom. The summed E-state index contributed by atoms with van der Waals surface area (Å²) in [5.41, 5.74) is 5.88. The number of carboxylic acid groups (broad SMARTS) is 1. The van der Waals surface area contributed by atoms with Crippen LogP contribution < -0.4 is 20.0 Å². The fraction of sp³-hybridized carbons (Fsp3) is 0.683. The van der Waals surface area contributed by atoms with E-state index in [1.807, 2.05) is 58.3 Å². The van der Waals surface area contributed by atoms with Crippen LogP contribution in [-0.2, 0) is 33.4 Å². The molecule has 560 valence electrons. The van der Waals surface area contributed by atoms with Crippen LogP contribution in [0.3, 0.4) is 0 Å². The van der Waals surface area contributed by atoms with Gasteiger partial charge in [0.2, 0.25) is 29.5 Å². The van der Waals surface area contributed by atoms with E-state index in [2.05, 4.69) is 56.4 Å². The number of allylic oxidation sites excluding steroid dienone is 6. The second-order valence-electron chi connectivity index (χ2n) is 31.6. The number of carbonyl (C=O) groups excluding carboxylic acids is 7. The summed E-state index contributed by atoms with van der Waals surface area (Å²) in [6, 6.07) is 6.18. The smallest absolute Gasteiger partial charge is 0.350 e. The number of anilines is 3. The first-order valence-corrected chi connectivity index (χ1v) is 41.8. The zero-order valence-electron chi connectivity index (χ0n) is 62.8. The van der Waals surface area contributed by atoms with E-state index in [9.17, 15) is 43.5 Å². The minimum absolute atomic E-state index is 0.0146. The molecule has 3 saturated carbocycles. The van der Waals surface area contributed by atoms with Crippen LogP contribution in [0, 0.1) is 47.3 Å². The van der Waals surface area contributed by atoms with Crippen LogP contribution in [-0.4, -0.2) is 134 Å². The Labute approximate surface area is 620 Å². The number of carbonyl (C=O) groups is 8. The SMILES string of the molecule is CC1CCC(C(=O)N(c2cc(C3=CCCCC3)sc2C(=O)O)C2CCN(C(=O)C(C)C)CC2)CC1.COC(=O)c1sc(C2=CCCCC2)cc1N(C(=O)C1CCC(C)CC1)C1CCN(C(=O)C(C)C)CC1.COC(=O)c1sc(C2=CCCCC2)cc1N(C(=O)C1CCC(C)CC1)C1CCNCC1. The highest BCUT2D eigenvalue weighted by molar-refractivity contribution is 7.16. The van der Waals surface area contributed by atoms with Crippen molar-refractivity contribution in [1.82, 2.24) is 15.1 Å². The third-order valence-corrected chi connectivity index (χ3v) is 27.0. The summed E-state index contributed by atoms with van der Waals surface area (Å²) in [7, 11) is 2.85. The Bertz CT molecular complexity index is 3480. The van der Waals surface area contributed by atoms with E-state index < -0.39 is 5.97 Å². The van der Waals surface area contributed by atoms with Gasteiger partial charge in [-0.05, 0) is 258 Å². The average molecular weight is 1460 g/mol. The number of ether oxygens (including phenoxy) is 2. The average Bonchev–Trinajstić information content (AvgIpc) is 1.61. The lowest BCUT2D eigenvalue weighted by Gasteiger charge is -2.41. The number of piperidine rings is 3. The van der Waals surface area contributed by atoms with E-state index >= 15 is 0 Å². The van der Waals surface area contributed by atoms with Crippen molar-refractivity contribution in [2.24, 2.45) is 47.3 Å². The minimum atomic E-state index is -0.963. The number of hydrogen-bond donors (Lipinski definition) is 2. The fourth-order valence-electron chi connectivity index (χ4n) is 17.1. The maximum absolute atomic E-state index is 14.2. The summed E-state index contributed by atoms with van der Waals surface area (Å²) < 4.78 is 10.3. The molecule has 0 spiro atoms. The highest BCUT2D eigenvalue weighted by Gasteiger charge is 2.42. The van der Waals surface area contributed by atoms with Gasteiger partial charge in [0.05, 0.1) is 31.3 Å². The van der Waals surface area contributed by atoms with E-state index in [0.29, 0.717) is 77.9 Å². The number of methoxy groups -OCH3 is 2. The first-order valence-electron chi connectivity index (χ1n) is 39.3. The van der Waals surface area contributed by atoms with Crippen molar-refractivity contribution < 1.29 is 52.9 Å². The molecule has 17 nitrogen and oxygen atoms in total. The number of amides is 5. The van der Waals surface area contributed by atoms with Gasteiger partial charge in [0.25, 0.3) is 0 Å². The van der Waals surface area contributed by atoms with Crippen molar-refractivity contribution in [2.45, 2.75) is 259 Å². The Morgan fingerprint density at radius 2 is 0.725 bits per heavy atom. The van der Waals surface area contributed by atoms with Crippen molar-refractivity contribution in [1.29, 1.82) is 0 Å². The number of hydrogen-bond acceptors (Lipinski definition) is 14. The van der Waals surface area contributed by atoms with Gasteiger partial charge in [0.1, 0.15) is 14.6 Å². The molecule has 5 amide bonds. The Morgan fingerprint density at radius 3 is 1.00 bits per heavy atom. The van der Waals surface area contributed by atoms with Gasteiger partial charge in [0.15, 0.2) is 0 Å². The molecule has 0 aromatic carbocycles. The molecule has 0 unspecified atom stereocenters. The van der Waals surface area contributed by atoms with Gasteiger partial charge in [-0.15, -0.1) is 34.0 Å². The molecule has 6 fully saturated rings. The van der Waals surface area contributed by atoms with E-state index in [1.54, 1.807) is 0 Å². The molecule has 6 aliphatic carbocycles. The van der Waals surface area contributed by atoms with E-state index in [0.717, 1.165) is 188 Å². The summed E-state index contributed by atoms with van der Waals surface area (Å²) >= 11 is 4.28. The largest absolute Gasteiger partial charge is 0.477 e. The quantitative estimate of drug-likeness (QED) is 0.121. The predicted octanol–water partition coefficient (Wildman–Crippen LogP) is 17.9. The molecule has 3 aromatic heterocycles. The van der Waals surface area contributed by atoms with Crippen LogP contribution in [0.25, 0.3) is 16.7 Å². The summed E-state index contributed by atoms with van der Waals surface area (Å²) in [5, 5.41) is 13.5. The van der Waals surface area contributed by atoms with Crippen LogP contribution in [0.4, 0.5) is 17.1 Å². The molecule has 20 heteroatoms. The topological polar surface area (TPSA) is 203 Å². The third-order valence-electron chi connectivity index (χ3n) is 23.4. The number of esters is 2. The monoisotopic (exact) mass is 1460 g/mol. The first-order chi connectivity index (χ1) is 49.1. The highest BCUT2D eigenvalue weighted by atomic mass is 32.1. The third kappa shape index (κ3) is 19.6. The van der Waals surface area contributed by atoms with Gasteiger partial charge in [-0.1, -0.05) is 66.7 Å². The maximum Gasteiger partial charge on any atom is 0.350 e. The molecule has 3 aromatic rings. The second kappa shape index (κ2) is 37.3. The Balaban J connectivity index is 0.000000165. The minimum Gasteiger partial charge on any atom is -0.477 e. The second-order valence-corrected chi connectivity index (χ2v) is 34.7. The maximum atomic E-state index is 14.2. The van der Waals surface area contributed by atoms with Crippen LogP contribution in [0.1, 0.15) is 285 Å². The van der Waals surface area contributed by atoms with Gasteiger partial charge in [-0.2, -0.15) is 0 Å². The molecule has 6 heterocycles. The van der Waals surface area contributed by atoms with Crippen LogP contribution >= 0.6 is 34.0 Å². The van der Waals surface area contributed by atoms with Gasteiger partial charge in [-0.25, -0.2) is 14.4 Å². The van der Waals surface area contributed by atoms with Gasteiger partial charge >= 0.3 is 17.9 Å². The fourth-order valence-corrected chi connectivity index (χ4v) is 20.4. The van der Waals surface area contributed by atoms with E-state index in [-0.39, 0.29) is 94.1 Å². The van der Waals surface area contributed by atoms with Crippen molar-refractivity contribution in [3.05, 3.63) is 65.7 Å². The van der Waals surface area contributed by atoms with Crippen molar-refractivity contribution in [3.63, 3.8) is 0 Å². The molecule has 3 saturated heterocycles. The normalized spacial score (nSPS) is 24.0. The Hall–Kier alpha value is -5.96. The van der Waals surface area contributed by atoms with E-state index in [1.165, 1.54) is 90.6 Å². The lowest BCUT2D eigenvalue weighted by molar-refractivity contribution is -0.136. The summed E-state index contributed by atoms with van der Waals surface area (Å²) in [4.78, 5) is 120. The molecular formula is C82H118N6O11S3. The van der Waals surface area contributed by atoms with E-state index in [4.69, 9.17) is 9.47 Å². The summed E-state index contributed by atoms with van der Waals surface area (Å²) in [6.45, 7) is 18.8. The number of nitrogens with one attached hydrogen (secondary N) is 1. The lowest BCUT2D eigenvalue weighted by atomic mass is 9.82. The zero-order chi connectivity index (χ0) is 72.7. The van der Waals surface area contributed by atoms with Gasteiger partial charge in [0, 0.05) is 88.5 Å². The van der Waals surface area contributed by atoms with Crippen LogP contribution in [0.2, 0.25) is 0 Å². The number of thiophene rings is 3. The molecule has 102 heavy (non-hydrogen) atoms. The lowest BCUT2D eigenvalue weighted by Crippen LogP contribution is -2.51. The Kier molecular flexibility index (Phi) is 28.8. The molecule has 12 rings (SSSR count). The number of carboxylic acids is 1.